The molecule has 1 atom stereocenters. The van der Waals surface area contributed by atoms with E-state index in [4.69, 9.17) is 5.11 Å². The Labute approximate surface area is 83.3 Å². The van der Waals surface area contributed by atoms with Crippen molar-refractivity contribution in [2.45, 2.75) is 6.92 Å². The van der Waals surface area contributed by atoms with E-state index in [2.05, 4.69) is 0 Å². The van der Waals surface area contributed by atoms with E-state index in [9.17, 15) is 9.59 Å². The predicted molar refractivity (Wildman–Crippen MR) is 50.5 cm³/mol. The maximum atomic E-state index is 11.5. The molecular formula is C9H16N2O3. The first-order chi connectivity index (χ1) is 6.54. The number of carbonyl (C=O) groups is 2. The van der Waals surface area contributed by atoms with Gasteiger partial charge < -0.3 is 14.9 Å². The molecule has 0 aliphatic carbocycles. The molecule has 14 heavy (non-hydrogen) atoms. The minimum atomic E-state index is -0.0487. The Morgan fingerprint density at radius 2 is 2.00 bits per heavy atom. The summed E-state index contributed by atoms with van der Waals surface area (Å²) in [4.78, 5) is 25.7. The topological polar surface area (TPSA) is 60.9 Å². The van der Waals surface area contributed by atoms with Crippen LogP contribution in [0, 0.1) is 5.92 Å². The van der Waals surface area contributed by atoms with E-state index in [0.717, 1.165) is 0 Å². The second-order valence-electron chi connectivity index (χ2n) is 3.81. The van der Waals surface area contributed by atoms with Gasteiger partial charge in [0.05, 0.1) is 13.1 Å². The Balaban J connectivity index is 2.53. The number of carbonyl (C=O) groups excluding carboxylic acids is 2. The number of hydrogen-bond donors (Lipinski definition) is 1. The zero-order chi connectivity index (χ0) is 10.7. The van der Waals surface area contributed by atoms with Gasteiger partial charge >= 0.3 is 0 Å². The van der Waals surface area contributed by atoms with Crippen molar-refractivity contribution in [3.05, 3.63) is 0 Å². The van der Waals surface area contributed by atoms with Crippen molar-refractivity contribution in [3.8, 4) is 0 Å². The average molecular weight is 200 g/mol. The van der Waals surface area contributed by atoms with Gasteiger partial charge in [0.1, 0.15) is 0 Å². The molecule has 1 fully saturated rings. The molecule has 1 saturated heterocycles. The van der Waals surface area contributed by atoms with Gasteiger partial charge in [0.2, 0.25) is 11.8 Å². The van der Waals surface area contributed by atoms with Crippen LogP contribution in [0.25, 0.3) is 0 Å². The number of likely N-dealkylation sites (N-methyl/N-ethyl adjacent to an activating group) is 1. The second kappa shape index (κ2) is 4.41. The van der Waals surface area contributed by atoms with Crippen LogP contribution >= 0.6 is 0 Å². The van der Waals surface area contributed by atoms with Gasteiger partial charge in [-0.2, -0.15) is 0 Å². The first-order valence-corrected chi connectivity index (χ1v) is 4.67. The maximum Gasteiger partial charge on any atom is 0.242 e. The van der Waals surface area contributed by atoms with Gasteiger partial charge in [0.15, 0.2) is 0 Å². The first-order valence-electron chi connectivity index (χ1n) is 4.67. The molecule has 1 unspecified atom stereocenters. The van der Waals surface area contributed by atoms with Crippen LogP contribution in [0.15, 0.2) is 0 Å². The third-order valence-corrected chi connectivity index (χ3v) is 2.32. The number of nitrogens with zero attached hydrogens (tertiary/aromatic N) is 2. The summed E-state index contributed by atoms with van der Waals surface area (Å²) in [6, 6.07) is 0. The quantitative estimate of drug-likeness (QED) is 0.630. The number of aliphatic hydroxyl groups is 1. The summed E-state index contributed by atoms with van der Waals surface area (Å²) in [7, 11) is 1.62. The van der Waals surface area contributed by atoms with E-state index in [1.165, 1.54) is 9.80 Å². The largest absolute Gasteiger partial charge is 0.396 e. The number of rotatable bonds is 3. The van der Waals surface area contributed by atoms with Crippen LogP contribution in [0.1, 0.15) is 6.92 Å². The number of amides is 2. The minimum Gasteiger partial charge on any atom is -0.396 e. The van der Waals surface area contributed by atoms with Crippen molar-refractivity contribution in [1.82, 2.24) is 9.80 Å². The smallest absolute Gasteiger partial charge is 0.242 e. The van der Waals surface area contributed by atoms with Crippen molar-refractivity contribution in [2.24, 2.45) is 5.92 Å². The summed E-state index contributed by atoms with van der Waals surface area (Å²) in [5, 5.41) is 8.84. The lowest BCUT2D eigenvalue weighted by Crippen LogP contribution is -2.53. The fraction of sp³-hybridized carbons (Fsp3) is 0.778. The molecule has 5 nitrogen and oxygen atoms in total. The molecule has 5 heteroatoms. The lowest BCUT2D eigenvalue weighted by atomic mass is 10.1. The Bertz CT molecular complexity index is 242. The van der Waals surface area contributed by atoms with E-state index < -0.39 is 0 Å². The average Bonchev–Trinajstić information content (AvgIpc) is 2.14. The summed E-state index contributed by atoms with van der Waals surface area (Å²) >= 11 is 0. The molecule has 1 heterocycles. The molecule has 0 spiro atoms. The summed E-state index contributed by atoms with van der Waals surface area (Å²) in [5.41, 5.74) is 0. The van der Waals surface area contributed by atoms with Gasteiger partial charge in [-0.15, -0.1) is 0 Å². The molecule has 0 bridgehead atoms. The number of piperazine rings is 1. The third-order valence-electron chi connectivity index (χ3n) is 2.32. The van der Waals surface area contributed by atoms with Gasteiger partial charge in [0, 0.05) is 20.2 Å². The molecule has 0 aromatic carbocycles. The summed E-state index contributed by atoms with van der Waals surface area (Å²) in [6.07, 6.45) is 0. The fourth-order valence-electron chi connectivity index (χ4n) is 1.36. The first kappa shape index (κ1) is 11.0. The zero-order valence-electron chi connectivity index (χ0n) is 8.56. The number of aliphatic hydroxyl groups excluding tert-OH is 1. The Hall–Kier alpha value is -1.10. The van der Waals surface area contributed by atoms with Crippen LogP contribution in [0.4, 0.5) is 0 Å². The van der Waals surface area contributed by atoms with Gasteiger partial charge in [-0.05, 0) is 5.92 Å². The Morgan fingerprint density at radius 3 is 2.57 bits per heavy atom. The van der Waals surface area contributed by atoms with Crippen molar-refractivity contribution in [1.29, 1.82) is 0 Å². The van der Waals surface area contributed by atoms with Crippen LogP contribution in [0.3, 0.4) is 0 Å². The molecule has 0 aromatic heterocycles. The van der Waals surface area contributed by atoms with Crippen LogP contribution in [-0.2, 0) is 9.59 Å². The maximum absolute atomic E-state index is 11.5. The molecule has 1 aliphatic heterocycles. The molecule has 80 valence electrons. The molecule has 1 rings (SSSR count). The molecule has 0 aromatic rings. The number of hydrogen-bond acceptors (Lipinski definition) is 3. The van der Waals surface area contributed by atoms with E-state index in [0.29, 0.717) is 6.54 Å². The second-order valence-corrected chi connectivity index (χ2v) is 3.81. The van der Waals surface area contributed by atoms with Crippen molar-refractivity contribution in [2.75, 3.05) is 33.3 Å². The van der Waals surface area contributed by atoms with E-state index >= 15 is 0 Å². The van der Waals surface area contributed by atoms with Crippen molar-refractivity contribution < 1.29 is 14.7 Å². The molecular weight excluding hydrogens is 184 g/mol. The van der Waals surface area contributed by atoms with E-state index in [-0.39, 0.29) is 37.4 Å². The lowest BCUT2D eigenvalue weighted by molar-refractivity contribution is -0.149. The lowest BCUT2D eigenvalue weighted by Gasteiger charge is -2.32. The highest BCUT2D eigenvalue weighted by atomic mass is 16.3. The highest BCUT2D eigenvalue weighted by molar-refractivity contribution is 5.92. The van der Waals surface area contributed by atoms with Crippen molar-refractivity contribution >= 4 is 11.8 Å². The van der Waals surface area contributed by atoms with E-state index in [1.807, 2.05) is 6.92 Å². The highest BCUT2D eigenvalue weighted by Gasteiger charge is 2.27. The Morgan fingerprint density at radius 1 is 1.36 bits per heavy atom. The minimum absolute atomic E-state index is 0.0233. The fourth-order valence-corrected chi connectivity index (χ4v) is 1.36. The summed E-state index contributed by atoms with van der Waals surface area (Å²) in [6.45, 7) is 2.62. The summed E-state index contributed by atoms with van der Waals surface area (Å²) < 4.78 is 0. The predicted octanol–water partition coefficient (Wildman–Crippen LogP) is -1.08. The van der Waals surface area contributed by atoms with Crippen LogP contribution in [0.5, 0.6) is 0 Å². The van der Waals surface area contributed by atoms with Crippen molar-refractivity contribution in [3.63, 3.8) is 0 Å². The van der Waals surface area contributed by atoms with Gasteiger partial charge in [0.25, 0.3) is 0 Å². The molecule has 1 aliphatic rings. The molecule has 0 radical (unpaired) electrons. The molecule has 0 saturated carbocycles. The monoisotopic (exact) mass is 200 g/mol. The standard InChI is InChI=1S/C9H16N2O3/c1-7(6-12)3-11-5-8(13)10(2)4-9(11)14/h7,12H,3-6H2,1-2H3. The SMILES string of the molecule is CC(CO)CN1CC(=O)N(C)CC1=O. The molecule has 2 amide bonds. The molecule has 1 N–H and O–H groups in total. The summed E-state index contributed by atoms with van der Waals surface area (Å²) in [5.74, 6) is -0.0719. The van der Waals surface area contributed by atoms with Gasteiger partial charge in [-0.25, -0.2) is 0 Å². The van der Waals surface area contributed by atoms with Crippen LogP contribution < -0.4 is 0 Å². The zero-order valence-corrected chi connectivity index (χ0v) is 8.56. The van der Waals surface area contributed by atoms with E-state index in [1.54, 1.807) is 7.05 Å². The third kappa shape index (κ3) is 2.45. The van der Waals surface area contributed by atoms with Gasteiger partial charge in [-0.3, -0.25) is 9.59 Å². The van der Waals surface area contributed by atoms with Gasteiger partial charge in [-0.1, -0.05) is 6.92 Å². The normalized spacial score (nSPS) is 20.2. The van der Waals surface area contributed by atoms with Crippen LogP contribution in [0.2, 0.25) is 0 Å². The highest BCUT2D eigenvalue weighted by Crippen LogP contribution is 2.06. The Kier molecular flexibility index (Phi) is 3.46. The van der Waals surface area contributed by atoms with Crippen LogP contribution in [-0.4, -0.2) is 60.0 Å².